The van der Waals surface area contributed by atoms with Crippen LogP contribution < -0.4 is 16.8 Å². The van der Waals surface area contributed by atoms with E-state index in [1.807, 2.05) is 30.5 Å². The number of aryl methyl sites for hydroxylation is 1. The molecule has 3 aromatic rings. The molecule has 1 aromatic heterocycles. The van der Waals surface area contributed by atoms with E-state index < -0.39 is 17.9 Å². The summed E-state index contributed by atoms with van der Waals surface area (Å²) in [5.74, 6) is -1.09. The number of rotatable bonds is 10. The van der Waals surface area contributed by atoms with Crippen molar-refractivity contribution in [3.63, 3.8) is 0 Å². The third-order valence-electron chi connectivity index (χ3n) is 5.05. The Labute approximate surface area is 212 Å². The minimum absolute atomic E-state index is 0.0611. The summed E-state index contributed by atoms with van der Waals surface area (Å²) in [7, 11) is 1.26. The van der Waals surface area contributed by atoms with Gasteiger partial charge in [0, 0.05) is 25.1 Å². The highest BCUT2D eigenvalue weighted by Gasteiger charge is 2.25. The lowest BCUT2D eigenvalue weighted by molar-refractivity contribution is -0.142. The zero-order valence-electron chi connectivity index (χ0n) is 18.9. The molecule has 1 atom stereocenters. The second-order valence-electron chi connectivity index (χ2n) is 7.57. The maximum atomic E-state index is 12.8. The number of hydrogen-bond acceptors (Lipinski definition) is 6. The third kappa shape index (κ3) is 7.17. The van der Waals surface area contributed by atoms with Gasteiger partial charge in [0.2, 0.25) is 0 Å². The number of methoxy groups -OCH3 is 1. The number of esters is 1. The van der Waals surface area contributed by atoms with Gasteiger partial charge in [-0.05, 0) is 24.1 Å². The maximum Gasteiger partial charge on any atom is 0.328 e. The van der Waals surface area contributed by atoms with Crippen LogP contribution in [-0.2, 0) is 22.5 Å². The van der Waals surface area contributed by atoms with Crippen molar-refractivity contribution in [1.82, 2.24) is 20.3 Å². The molecule has 12 heteroatoms. The highest BCUT2D eigenvalue weighted by atomic mass is 35.5. The Morgan fingerprint density at radius 3 is 2.46 bits per heavy atom. The van der Waals surface area contributed by atoms with Crippen molar-refractivity contribution >= 4 is 41.0 Å². The van der Waals surface area contributed by atoms with Crippen molar-refractivity contribution in [2.75, 3.05) is 13.7 Å². The van der Waals surface area contributed by atoms with Gasteiger partial charge in [0.25, 0.3) is 5.91 Å². The van der Waals surface area contributed by atoms with Crippen LogP contribution in [-0.4, -0.2) is 52.5 Å². The average Bonchev–Trinajstić information content (AvgIpc) is 3.30. The van der Waals surface area contributed by atoms with E-state index in [0.717, 1.165) is 17.5 Å². The summed E-state index contributed by atoms with van der Waals surface area (Å²) in [4.78, 5) is 29.0. The molecule has 3 rings (SSSR count). The molecule has 1 heterocycles. The topological polar surface area (TPSA) is 151 Å². The third-order valence-corrected chi connectivity index (χ3v) is 5.68. The molecule has 35 heavy (non-hydrogen) atoms. The average molecular weight is 518 g/mol. The first kappa shape index (κ1) is 26.0. The number of amides is 1. The Bertz CT molecular complexity index is 1190. The second kappa shape index (κ2) is 12.2. The minimum Gasteiger partial charge on any atom is -0.467 e. The van der Waals surface area contributed by atoms with E-state index in [1.54, 1.807) is 22.9 Å². The van der Waals surface area contributed by atoms with Gasteiger partial charge in [-0.25, -0.2) is 4.79 Å². The van der Waals surface area contributed by atoms with Crippen molar-refractivity contribution in [3.8, 4) is 11.3 Å². The first-order chi connectivity index (χ1) is 16.8. The normalized spacial score (nSPS) is 11.5. The van der Waals surface area contributed by atoms with Crippen molar-refractivity contribution in [1.29, 1.82) is 0 Å². The van der Waals surface area contributed by atoms with Crippen LogP contribution in [0.15, 0.2) is 53.7 Å². The molecule has 0 aliphatic heterocycles. The zero-order valence-corrected chi connectivity index (χ0v) is 20.5. The van der Waals surface area contributed by atoms with E-state index in [0.29, 0.717) is 18.8 Å². The highest BCUT2D eigenvalue weighted by Crippen LogP contribution is 2.24. The fraction of sp³-hybridized carbons (Fsp3) is 0.261. The molecule has 0 bridgehead atoms. The van der Waals surface area contributed by atoms with Gasteiger partial charge in [-0.1, -0.05) is 58.7 Å². The fourth-order valence-corrected chi connectivity index (χ4v) is 3.88. The van der Waals surface area contributed by atoms with Crippen LogP contribution in [0.1, 0.15) is 22.3 Å². The molecule has 0 unspecified atom stereocenters. The predicted molar refractivity (Wildman–Crippen MR) is 134 cm³/mol. The monoisotopic (exact) mass is 517 g/mol. The standard InChI is InChI=1S/C23H25Cl2N7O3/c1-35-22(34)18(29-21(33)20-16(24)4-2-5-17(20)25)12-14-6-8-15(9-7-14)19-13-32(31-30-19)11-3-10-28-23(26)27/h2,4-9,13,18H,3,10-12H2,1H3,(H,29,33)(H4,26,27,28)/t18-/m0/s1. The molecule has 0 spiro atoms. The van der Waals surface area contributed by atoms with Gasteiger partial charge in [0.1, 0.15) is 11.7 Å². The second-order valence-corrected chi connectivity index (χ2v) is 8.39. The first-order valence-electron chi connectivity index (χ1n) is 10.7. The fourth-order valence-electron chi connectivity index (χ4n) is 3.31. The van der Waals surface area contributed by atoms with Crippen molar-refractivity contribution in [2.24, 2.45) is 16.5 Å². The summed E-state index contributed by atoms with van der Waals surface area (Å²) in [5.41, 5.74) is 13.1. The molecule has 0 aliphatic carbocycles. The lowest BCUT2D eigenvalue weighted by Crippen LogP contribution is -2.43. The van der Waals surface area contributed by atoms with Gasteiger partial charge in [-0.2, -0.15) is 0 Å². The number of carbonyl (C=O) groups is 2. The molecule has 184 valence electrons. The number of nitrogens with zero attached hydrogens (tertiary/aromatic N) is 4. The van der Waals surface area contributed by atoms with Gasteiger partial charge in [-0.15, -0.1) is 5.10 Å². The molecule has 1 amide bonds. The lowest BCUT2D eigenvalue weighted by Gasteiger charge is -2.17. The zero-order chi connectivity index (χ0) is 25.4. The molecule has 5 N–H and O–H groups in total. The van der Waals surface area contributed by atoms with E-state index >= 15 is 0 Å². The number of aromatic nitrogens is 3. The molecule has 2 aromatic carbocycles. The van der Waals surface area contributed by atoms with E-state index in [2.05, 4.69) is 20.6 Å². The smallest absolute Gasteiger partial charge is 0.328 e. The summed E-state index contributed by atoms with van der Waals surface area (Å²) >= 11 is 12.2. The van der Waals surface area contributed by atoms with Crippen molar-refractivity contribution < 1.29 is 14.3 Å². The van der Waals surface area contributed by atoms with Crippen LogP contribution in [0.25, 0.3) is 11.3 Å². The molecule has 0 saturated carbocycles. The summed E-state index contributed by atoms with van der Waals surface area (Å²) in [5, 5.41) is 11.3. The molecule has 0 radical (unpaired) electrons. The number of hydrogen-bond donors (Lipinski definition) is 3. The Morgan fingerprint density at radius 1 is 1.14 bits per heavy atom. The van der Waals surface area contributed by atoms with E-state index in [9.17, 15) is 9.59 Å². The number of halogens is 2. The summed E-state index contributed by atoms with van der Waals surface area (Å²) in [6.45, 7) is 1.13. The predicted octanol–water partition coefficient (Wildman–Crippen LogP) is 2.43. The Kier molecular flexibility index (Phi) is 9.04. The van der Waals surface area contributed by atoms with Crippen molar-refractivity contribution in [3.05, 3.63) is 69.8 Å². The number of nitrogens with two attached hydrogens (primary N) is 2. The number of benzene rings is 2. The van der Waals surface area contributed by atoms with Gasteiger partial charge in [0.05, 0.1) is 28.9 Å². The molecule has 0 aliphatic rings. The Hall–Kier alpha value is -3.63. The summed E-state index contributed by atoms with van der Waals surface area (Å²) in [6.07, 6.45) is 2.76. The van der Waals surface area contributed by atoms with Crippen molar-refractivity contribution in [2.45, 2.75) is 25.4 Å². The van der Waals surface area contributed by atoms with Crippen LogP contribution in [0.4, 0.5) is 0 Å². The van der Waals surface area contributed by atoms with Gasteiger partial charge >= 0.3 is 5.97 Å². The summed E-state index contributed by atoms with van der Waals surface area (Å²) in [6, 6.07) is 11.2. The van der Waals surface area contributed by atoms with Gasteiger partial charge in [0.15, 0.2) is 5.96 Å². The van der Waals surface area contributed by atoms with E-state index in [-0.39, 0.29) is 28.0 Å². The molecule has 10 nitrogen and oxygen atoms in total. The van der Waals surface area contributed by atoms with Crippen LogP contribution in [0.5, 0.6) is 0 Å². The van der Waals surface area contributed by atoms with Crippen LogP contribution in [0.3, 0.4) is 0 Å². The molecular weight excluding hydrogens is 493 g/mol. The molecule has 0 fully saturated rings. The van der Waals surface area contributed by atoms with Crippen LogP contribution in [0, 0.1) is 0 Å². The quantitative estimate of drug-likeness (QED) is 0.161. The van der Waals surface area contributed by atoms with Crippen LogP contribution >= 0.6 is 23.2 Å². The van der Waals surface area contributed by atoms with E-state index in [1.165, 1.54) is 7.11 Å². The number of ether oxygens (including phenoxy) is 1. The maximum absolute atomic E-state index is 12.8. The minimum atomic E-state index is -0.934. The molecule has 0 saturated heterocycles. The SMILES string of the molecule is COC(=O)[C@H](Cc1ccc(-c2cn(CCCN=C(N)N)nn2)cc1)NC(=O)c1c(Cl)cccc1Cl. The van der Waals surface area contributed by atoms with Gasteiger partial charge < -0.3 is 21.5 Å². The summed E-state index contributed by atoms with van der Waals surface area (Å²) < 4.78 is 6.58. The van der Waals surface area contributed by atoms with Gasteiger partial charge in [-0.3, -0.25) is 14.5 Å². The molecular formula is C23H25Cl2N7O3. The lowest BCUT2D eigenvalue weighted by atomic mass is 10.0. The highest BCUT2D eigenvalue weighted by molar-refractivity contribution is 6.39. The Balaban J connectivity index is 1.67. The number of carbonyl (C=O) groups excluding carboxylic acids is 2. The number of guanidine groups is 1. The largest absolute Gasteiger partial charge is 0.467 e. The first-order valence-corrected chi connectivity index (χ1v) is 11.4. The van der Waals surface area contributed by atoms with Crippen LogP contribution in [0.2, 0.25) is 10.0 Å². The number of aliphatic imine (C=N–C) groups is 1. The Morgan fingerprint density at radius 2 is 1.83 bits per heavy atom. The van der Waals surface area contributed by atoms with E-state index in [4.69, 9.17) is 39.4 Å². The number of nitrogens with one attached hydrogen (secondary N) is 1.